The number of hydrogen-bond acceptors (Lipinski definition) is 2. The van der Waals surface area contributed by atoms with E-state index in [9.17, 15) is 8.78 Å². The van der Waals surface area contributed by atoms with Crippen molar-refractivity contribution in [2.75, 3.05) is 32.7 Å². The van der Waals surface area contributed by atoms with Crippen molar-refractivity contribution >= 4 is 6.08 Å². The highest BCUT2D eigenvalue weighted by atomic mass is 19.3. The molecule has 2 fully saturated rings. The van der Waals surface area contributed by atoms with Crippen LogP contribution in [-0.4, -0.2) is 48.9 Å². The van der Waals surface area contributed by atoms with Gasteiger partial charge in [-0.05, 0) is 66.8 Å². The number of allylic oxidation sites excluding steroid dienone is 1. The monoisotopic (exact) mass is 362 g/mol. The minimum absolute atomic E-state index is 0.0880. The van der Waals surface area contributed by atoms with Crippen LogP contribution in [0.2, 0.25) is 0 Å². The van der Waals surface area contributed by atoms with Crippen LogP contribution < -0.4 is 0 Å². The predicted octanol–water partition coefficient (Wildman–Crippen LogP) is 4.99. The molecule has 1 aliphatic heterocycles. The lowest BCUT2D eigenvalue weighted by Gasteiger charge is -2.35. The van der Waals surface area contributed by atoms with Crippen molar-refractivity contribution in [1.29, 1.82) is 0 Å². The Morgan fingerprint density at radius 3 is 2.35 bits per heavy atom. The smallest absolute Gasteiger partial charge is 0.251 e. The van der Waals surface area contributed by atoms with Gasteiger partial charge in [-0.2, -0.15) is 0 Å². The molecule has 4 heteroatoms. The van der Waals surface area contributed by atoms with Crippen LogP contribution in [0.3, 0.4) is 0 Å². The van der Waals surface area contributed by atoms with Gasteiger partial charge in [-0.3, -0.25) is 9.80 Å². The first-order chi connectivity index (χ1) is 12.5. The highest BCUT2D eigenvalue weighted by Gasteiger charge is 2.29. The van der Waals surface area contributed by atoms with Gasteiger partial charge in [-0.1, -0.05) is 25.1 Å². The van der Waals surface area contributed by atoms with Gasteiger partial charge in [0.15, 0.2) is 0 Å². The van der Waals surface area contributed by atoms with E-state index >= 15 is 0 Å². The molecular weight excluding hydrogens is 330 g/mol. The molecule has 0 N–H and O–H groups in total. The van der Waals surface area contributed by atoms with Gasteiger partial charge in [-0.15, -0.1) is 0 Å². The number of rotatable bonds is 7. The van der Waals surface area contributed by atoms with Crippen molar-refractivity contribution in [2.45, 2.75) is 58.9 Å². The van der Waals surface area contributed by atoms with E-state index < -0.39 is 6.43 Å². The summed E-state index contributed by atoms with van der Waals surface area (Å²) in [5.41, 5.74) is 7.16. The molecule has 2 nitrogen and oxygen atoms in total. The van der Waals surface area contributed by atoms with Gasteiger partial charge < -0.3 is 0 Å². The molecule has 1 aromatic rings. The second kappa shape index (κ2) is 8.62. The van der Waals surface area contributed by atoms with Crippen molar-refractivity contribution in [3.8, 4) is 0 Å². The summed E-state index contributed by atoms with van der Waals surface area (Å²) in [5.74, 6) is 0.721. The Bertz CT molecular complexity index is 642. The summed E-state index contributed by atoms with van der Waals surface area (Å²) >= 11 is 0. The first-order valence-electron chi connectivity index (χ1n) is 10.0. The summed E-state index contributed by atoms with van der Waals surface area (Å²) in [6.45, 7) is 10.7. The number of halogens is 2. The topological polar surface area (TPSA) is 6.48 Å². The van der Waals surface area contributed by atoms with Crippen LogP contribution >= 0.6 is 0 Å². The minimum Gasteiger partial charge on any atom is -0.297 e. The van der Waals surface area contributed by atoms with Crippen LogP contribution in [0.25, 0.3) is 6.08 Å². The highest BCUT2D eigenvalue weighted by Crippen LogP contribution is 2.44. The Morgan fingerprint density at radius 2 is 1.77 bits per heavy atom. The standard InChI is InChI=1S/C22H32F2N2/c1-4-5-6-19-17(3)16(2)13-20(18-7-8-18)21(19)14-25-9-11-26(12-10-25)15-22(23)24/h5-6,13,18,22H,4,7-12,14-15H2,1-3H3/b6-5-. The largest absolute Gasteiger partial charge is 0.297 e. The Morgan fingerprint density at radius 1 is 1.12 bits per heavy atom. The number of nitrogens with zero attached hydrogens (tertiary/aromatic N) is 2. The lowest BCUT2D eigenvalue weighted by atomic mass is 9.89. The molecule has 144 valence electrons. The maximum atomic E-state index is 12.6. The maximum absolute atomic E-state index is 12.6. The molecule has 1 saturated carbocycles. The molecule has 0 radical (unpaired) electrons. The van der Waals surface area contributed by atoms with E-state index in [1.807, 2.05) is 4.90 Å². The zero-order chi connectivity index (χ0) is 18.7. The summed E-state index contributed by atoms with van der Waals surface area (Å²) in [4.78, 5) is 4.34. The van der Waals surface area contributed by atoms with Crippen LogP contribution in [0.5, 0.6) is 0 Å². The Balaban J connectivity index is 1.80. The lowest BCUT2D eigenvalue weighted by molar-refractivity contribution is 0.0542. The Labute approximate surface area is 156 Å². The summed E-state index contributed by atoms with van der Waals surface area (Å²) in [6, 6.07) is 2.40. The Hall–Kier alpha value is -1.26. The van der Waals surface area contributed by atoms with Gasteiger partial charge >= 0.3 is 0 Å². The average molecular weight is 363 g/mol. The van der Waals surface area contributed by atoms with E-state index in [1.165, 1.54) is 40.7 Å². The van der Waals surface area contributed by atoms with E-state index in [2.05, 4.69) is 43.9 Å². The fraction of sp³-hybridized carbons (Fsp3) is 0.636. The Kier molecular flexibility index (Phi) is 6.46. The molecule has 0 aromatic heterocycles. The molecule has 1 saturated heterocycles. The second-order valence-corrected chi connectivity index (χ2v) is 7.85. The second-order valence-electron chi connectivity index (χ2n) is 7.85. The van der Waals surface area contributed by atoms with Crippen LogP contribution in [-0.2, 0) is 6.54 Å². The zero-order valence-electron chi connectivity index (χ0n) is 16.4. The molecule has 0 amide bonds. The molecule has 2 aliphatic rings. The lowest BCUT2D eigenvalue weighted by Crippen LogP contribution is -2.47. The van der Waals surface area contributed by atoms with E-state index in [1.54, 1.807) is 0 Å². The predicted molar refractivity (Wildman–Crippen MR) is 105 cm³/mol. The van der Waals surface area contributed by atoms with Crippen LogP contribution in [0, 0.1) is 13.8 Å². The van der Waals surface area contributed by atoms with Gasteiger partial charge in [0.25, 0.3) is 6.43 Å². The summed E-state index contributed by atoms with van der Waals surface area (Å²) in [7, 11) is 0. The molecule has 1 aliphatic carbocycles. The van der Waals surface area contributed by atoms with Gasteiger partial charge in [0, 0.05) is 32.7 Å². The van der Waals surface area contributed by atoms with Crippen molar-refractivity contribution in [1.82, 2.24) is 9.80 Å². The van der Waals surface area contributed by atoms with Gasteiger partial charge in [0.2, 0.25) is 0 Å². The first kappa shape index (κ1) is 19.5. The van der Waals surface area contributed by atoms with Crippen LogP contribution in [0.4, 0.5) is 8.78 Å². The van der Waals surface area contributed by atoms with Crippen molar-refractivity contribution < 1.29 is 8.78 Å². The molecule has 26 heavy (non-hydrogen) atoms. The molecule has 1 aromatic carbocycles. The number of piperazine rings is 1. The minimum atomic E-state index is -2.23. The van der Waals surface area contributed by atoms with Crippen LogP contribution in [0.15, 0.2) is 12.1 Å². The molecule has 1 heterocycles. The van der Waals surface area contributed by atoms with Gasteiger partial charge in [0.05, 0.1) is 6.54 Å². The number of alkyl halides is 2. The molecule has 0 unspecified atom stereocenters. The SMILES string of the molecule is CC/C=C\c1c(C)c(C)cc(C2CC2)c1CN1CCN(CC(F)F)CC1. The molecule has 0 atom stereocenters. The zero-order valence-corrected chi connectivity index (χ0v) is 16.4. The van der Waals surface area contributed by atoms with E-state index in [0.717, 1.165) is 45.1 Å². The van der Waals surface area contributed by atoms with Gasteiger partial charge in [0.1, 0.15) is 0 Å². The van der Waals surface area contributed by atoms with Gasteiger partial charge in [-0.25, -0.2) is 8.78 Å². The third-order valence-corrected chi connectivity index (χ3v) is 5.82. The van der Waals surface area contributed by atoms with E-state index in [-0.39, 0.29) is 6.54 Å². The first-order valence-corrected chi connectivity index (χ1v) is 10.0. The maximum Gasteiger partial charge on any atom is 0.251 e. The van der Waals surface area contributed by atoms with Crippen molar-refractivity contribution in [3.63, 3.8) is 0 Å². The number of benzene rings is 1. The molecule has 0 spiro atoms. The number of aryl methyl sites for hydroxylation is 1. The van der Waals surface area contributed by atoms with Crippen LogP contribution in [0.1, 0.15) is 59.9 Å². The summed E-state index contributed by atoms with van der Waals surface area (Å²) in [6.07, 6.45) is 5.97. The normalized spacial score (nSPS) is 19.8. The highest BCUT2D eigenvalue weighted by molar-refractivity contribution is 5.63. The third kappa shape index (κ3) is 4.72. The summed E-state index contributed by atoms with van der Waals surface area (Å²) in [5, 5.41) is 0. The van der Waals surface area contributed by atoms with E-state index in [4.69, 9.17) is 0 Å². The fourth-order valence-electron chi connectivity index (χ4n) is 3.97. The molecular formula is C22H32F2N2. The number of hydrogen-bond donors (Lipinski definition) is 0. The quantitative estimate of drug-likeness (QED) is 0.674. The molecule has 0 bridgehead atoms. The van der Waals surface area contributed by atoms with Crippen molar-refractivity contribution in [2.24, 2.45) is 0 Å². The molecule has 3 rings (SSSR count). The summed E-state index contributed by atoms with van der Waals surface area (Å²) < 4.78 is 25.2. The average Bonchev–Trinajstić information content (AvgIpc) is 3.44. The van der Waals surface area contributed by atoms with Crippen molar-refractivity contribution in [3.05, 3.63) is 40.0 Å². The third-order valence-electron chi connectivity index (χ3n) is 5.82. The fourth-order valence-corrected chi connectivity index (χ4v) is 3.97. The van der Waals surface area contributed by atoms with E-state index in [0.29, 0.717) is 0 Å².